The molecule has 2 rings (SSSR count). The molecule has 6 nitrogen and oxygen atoms in total. The highest BCUT2D eigenvalue weighted by Gasteiger charge is 2.36. The van der Waals surface area contributed by atoms with E-state index in [9.17, 15) is 14.4 Å². The van der Waals surface area contributed by atoms with Crippen molar-refractivity contribution in [3.63, 3.8) is 0 Å². The van der Waals surface area contributed by atoms with Gasteiger partial charge in [-0.25, -0.2) is 0 Å². The molecule has 0 bridgehead atoms. The molecule has 1 aliphatic carbocycles. The number of carbonyl (C=O) groups excluding carboxylic acids is 3. The average Bonchev–Trinajstić information content (AvgIpc) is 2.65. The van der Waals surface area contributed by atoms with Crippen molar-refractivity contribution in [2.75, 3.05) is 6.61 Å². The maximum Gasteiger partial charge on any atom is 0.304 e. The molecule has 0 spiro atoms. The molecule has 0 aliphatic heterocycles. The Balaban J connectivity index is 2.10. The summed E-state index contributed by atoms with van der Waals surface area (Å²) in [5.74, 6) is -1.07. The van der Waals surface area contributed by atoms with Crippen LogP contribution in [0, 0.1) is 0 Å². The van der Waals surface area contributed by atoms with Crippen molar-refractivity contribution in [1.82, 2.24) is 5.32 Å². The fraction of sp³-hybridized carbons (Fsp3) is 0.409. The molecule has 0 saturated heterocycles. The summed E-state index contributed by atoms with van der Waals surface area (Å²) in [5.41, 5.74) is 0.875. The van der Waals surface area contributed by atoms with Gasteiger partial charge in [0.2, 0.25) is 11.6 Å². The zero-order chi connectivity index (χ0) is 20.6. The van der Waals surface area contributed by atoms with Gasteiger partial charge < -0.3 is 14.8 Å². The summed E-state index contributed by atoms with van der Waals surface area (Å²) in [6, 6.07) is 8.22. The Hall–Kier alpha value is -2.89. The lowest BCUT2D eigenvalue weighted by Gasteiger charge is -2.33. The number of amides is 1. The van der Waals surface area contributed by atoms with Crippen LogP contribution >= 0.6 is 0 Å². The molecule has 0 fully saturated rings. The van der Waals surface area contributed by atoms with Crippen LogP contribution in [0.2, 0.25) is 0 Å². The Morgan fingerprint density at radius 3 is 2.32 bits per heavy atom. The lowest BCUT2D eigenvalue weighted by atomic mass is 9.91. The highest BCUT2D eigenvalue weighted by atomic mass is 16.6. The number of ether oxygens (including phenoxy) is 2. The van der Waals surface area contributed by atoms with Crippen molar-refractivity contribution in [3.8, 4) is 0 Å². The Morgan fingerprint density at radius 1 is 1.07 bits per heavy atom. The van der Waals surface area contributed by atoms with Crippen LogP contribution in [-0.2, 0) is 30.3 Å². The highest BCUT2D eigenvalue weighted by Crippen LogP contribution is 2.25. The van der Waals surface area contributed by atoms with E-state index < -0.39 is 17.7 Å². The van der Waals surface area contributed by atoms with Gasteiger partial charge in [0.15, 0.2) is 6.61 Å². The van der Waals surface area contributed by atoms with E-state index >= 15 is 0 Å². The summed E-state index contributed by atoms with van der Waals surface area (Å²) in [6.45, 7) is 3.61. The van der Waals surface area contributed by atoms with Crippen LogP contribution in [0.1, 0.15) is 50.7 Å². The fourth-order valence-corrected chi connectivity index (χ4v) is 3.20. The summed E-state index contributed by atoms with van der Waals surface area (Å²) in [7, 11) is 0. The minimum Gasteiger partial charge on any atom is -0.459 e. The van der Waals surface area contributed by atoms with Crippen molar-refractivity contribution in [2.24, 2.45) is 0 Å². The number of nitrogens with one attached hydrogen (secondary N) is 1. The normalized spacial score (nSPS) is 17.5. The number of hydrogen-bond donors (Lipinski definition) is 1. The van der Waals surface area contributed by atoms with E-state index in [1.54, 1.807) is 0 Å². The summed E-state index contributed by atoms with van der Waals surface area (Å²) in [6.07, 6.45) is 10.2. The summed E-state index contributed by atoms with van der Waals surface area (Å²) < 4.78 is 10.4. The number of allylic oxidation sites excluding steroid dienone is 4. The molecule has 2 atom stereocenters. The number of benzene rings is 1. The lowest BCUT2D eigenvalue weighted by molar-refractivity contribution is -0.178. The van der Waals surface area contributed by atoms with E-state index in [4.69, 9.17) is 9.47 Å². The molecule has 1 amide bonds. The predicted octanol–water partition coefficient (Wildman–Crippen LogP) is 3.18. The molecule has 2 unspecified atom stereocenters. The number of esters is 2. The molecule has 28 heavy (non-hydrogen) atoms. The van der Waals surface area contributed by atoms with E-state index in [0.29, 0.717) is 12.3 Å². The second-order valence-corrected chi connectivity index (χ2v) is 6.95. The predicted molar refractivity (Wildman–Crippen MR) is 105 cm³/mol. The molecule has 150 valence electrons. The molecule has 1 aliphatic rings. The van der Waals surface area contributed by atoms with Gasteiger partial charge in [-0.15, -0.1) is 0 Å². The summed E-state index contributed by atoms with van der Waals surface area (Å²) in [4.78, 5) is 34.5. The van der Waals surface area contributed by atoms with Gasteiger partial charge in [0.25, 0.3) is 0 Å². The number of rotatable bonds is 8. The summed E-state index contributed by atoms with van der Waals surface area (Å²) >= 11 is 0. The summed E-state index contributed by atoms with van der Waals surface area (Å²) in [5, 5.41) is 2.64. The maximum absolute atomic E-state index is 11.7. The molecule has 0 heterocycles. The van der Waals surface area contributed by atoms with Crippen LogP contribution in [0.5, 0.6) is 0 Å². The van der Waals surface area contributed by atoms with Gasteiger partial charge >= 0.3 is 11.9 Å². The van der Waals surface area contributed by atoms with Crippen molar-refractivity contribution in [2.45, 2.75) is 51.7 Å². The van der Waals surface area contributed by atoms with Gasteiger partial charge in [-0.2, -0.15) is 0 Å². The molecule has 0 aromatic heterocycles. The fourth-order valence-electron chi connectivity index (χ4n) is 3.20. The second-order valence-electron chi connectivity index (χ2n) is 6.95. The van der Waals surface area contributed by atoms with Gasteiger partial charge in [-0.05, 0) is 24.0 Å². The lowest BCUT2D eigenvalue weighted by Crippen LogP contribution is -2.54. The Kier molecular flexibility index (Phi) is 7.55. The highest BCUT2D eigenvalue weighted by molar-refractivity contribution is 5.75. The molecule has 0 radical (unpaired) electrons. The van der Waals surface area contributed by atoms with Crippen LogP contribution in [0.3, 0.4) is 0 Å². The third-order valence-electron chi connectivity index (χ3n) is 4.46. The van der Waals surface area contributed by atoms with Gasteiger partial charge in [-0.3, -0.25) is 14.4 Å². The van der Waals surface area contributed by atoms with E-state index in [0.717, 1.165) is 12.0 Å². The number of aryl methyl sites for hydroxylation is 1. The first-order valence-corrected chi connectivity index (χ1v) is 9.33. The van der Waals surface area contributed by atoms with E-state index in [2.05, 4.69) is 35.7 Å². The van der Waals surface area contributed by atoms with Crippen LogP contribution in [-0.4, -0.2) is 30.2 Å². The van der Waals surface area contributed by atoms with Crippen molar-refractivity contribution < 1.29 is 23.9 Å². The number of carbonyl (C=O) groups is 3. The van der Waals surface area contributed by atoms with Gasteiger partial charge in [0, 0.05) is 33.1 Å². The third kappa shape index (κ3) is 6.68. The molecule has 1 N–H and O–H groups in total. The van der Waals surface area contributed by atoms with Crippen LogP contribution in [0.15, 0.2) is 48.6 Å². The molecule has 1 aromatic carbocycles. The van der Waals surface area contributed by atoms with Gasteiger partial charge in [0.05, 0.1) is 0 Å². The Morgan fingerprint density at radius 2 is 1.79 bits per heavy atom. The monoisotopic (exact) mass is 385 g/mol. The van der Waals surface area contributed by atoms with E-state index in [1.165, 1.54) is 26.3 Å². The molecule has 1 aromatic rings. The first kappa shape index (κ1) is 21.4. The molecule has 6 heteroatoms. The van der Waals surface area contributed by atoms with Crippen molar-refractivity contribution in [3.05, 3.63) is 59.7 Å². The average molecular weight is 385 g/mol. The smallest absolute Gasteiger partial charge is 0.304 e. The van der Waals surface area contributed by atoms with Crippen molar-refractivity contribution >= 4 is 17.8 Å². The zero-order valence-corrected chi connectivity index (χ0v) is 16.6. The topological polar surface area (TPSA) is 81.7 Å². The quantitative estimate of drug-likeness (QED) is 0.549. The zero-order valence-electron chi connectivity index (χ0n) is 16.6. The maximum atomic E-state index is 11.7. The Bertz CT molecular complexity index is 748. The standard InChI is InChI=1S/C22H27NO5/c1-16(24)23-22(28-18(3)26,15-27-17(2)25)14-13-19-9-11-21(12-10-19)20-7-5-4-6-8-20/h4-7,9-12,20H,8,13-15H2,1-3H3,(H,23,24). The van der Waals surface area contributed by atoms with Gasteiger partial charge in [0.1, 0.15) is 0 Å². The minimum atomic E-state index is -1.39. The number of hydrogen-bond acceptors (Lipinski definition) is 5. The first-order valence-electron chi connectivity index (χ1n) is 9.33. The Labute approximate surface area is 165 Å². The molecular formula is C22H27NO5. The molecular weight excluding hydrogens is 358 g/mol. The second kappa shape index (κ2) is 9.88. The van der Waals surface area contributed by atoms with Gasteiger partial charge in [-0.1, -0.05) is 48.6 Å². The van der Waals surface area contributed by atoms with Crippen LogP contribution < -0.4 is 5.32 Å². The minimum absolute atomic E-state index is 0.237. The third-order valence-corrected chi connectivity index (χ3v) is 4.46. The SMILES string of the molecule is CC(=O)NC(CCc1ccc(C2C=CC=CC2)cc1)(COC(C)=O)OC(C)=O. The molecule has 0 saturated carbocycles. The largest absolute Gasteiger partial charge is 0.459 e. The van der Waals surface area contributed by atoms with Crippen LogP contribution in [0.4, 0.5) is 0 Å². The van der Waals surface area contributed by atoms with Crippen LogP contribution in [0.25, 0.3) is 0 Å². The van der Waals surface area contributed by atoms with E-state index in [-0.39, 0.29) is 18.9 Å². The first-order chi connectivity index (χ1) is 13.3. The van der Waals surface area contributed by atoms with Crippen molar-refractivity contribution in [1.29, 1.82) is 0 Å². The van der Waals surface area contributed by atoms with E-state index in [1.807, 2.05) is 18.2 Å².